The number of methoxy groups -OCH3 is 1. The second-order valence-corrected chi connectivity index (χ2v) is 9.92. The van der Waals surface area contributed by atoms with Crippen molar-refractivity contribution < 1.29 is 32.6 Å². The Morgan fingerprint density at radius 3 is 2.55 bits per heavy atom. The number of hydrogen-bond acceptors (Lipinski definition) is 7. The Labute approximate surface area is 219 Å². The van der Waals surface area contributed by atoms with Crippen LogP contribution in [0.3, 0.4) is 0 Å². The number of benzene rings is 1. The molecule has 0 bridgehead atoms. The first kappa shape index (κ1) is 27.2. The maximum atomic E-state index is 13.3. The molecule has 9 nitrogen and oxygen atoms in total. The van der Waals surface area contributed by atoms with Gasteiger partial charge in [-0.15, -0.1) is 0 Å². The van der Waals surface area contributed by atoms with Gasteiger partial charge in [0.15, 0.2) is 0 Å². The Morgan fingerprint density at radius 2 is 1.89 bits per heavy atom. The SMILES string of the molecule is COC[C@@H]1CN(C(=O)c2ccc3cc(Oc4ccc(C(F)F)cn4)ccc3n2)CCN1C(=O)OC(C)(C)C. The van der Waals surface area contributed by atoms with E-state index >= 15 is 0 Å². The number of hydrogen-bond donors (Lipinski definition) is 0. The number of rotatable bonds is 6. The van der Waals surface area contributed by atoms with E-state index in [1.54, 1.807) is 68.0 Å². The predicted octanol–water partition coefficient (Wildman–Crippen LogP) is 5.07. The van der Waals surface area contributed by atoms with E-state index in [-0.39, 0.29) is 42.2 Å². The molecule has 0 spiro atoms. The number of piperazine rings is 1. The Kier molecular flexibility index (Phi) is 8.05. The average Bonchev–Trinajstić information content (AvgIpc) is 2.87. The van der Waals surface area contributed by atoms with E-state index < -0.39 is 18.1 Å². The lowest BCUT2D eigenvalue weighted by molar-refractivity contribution is -0.0142. The molecule has 1 aromatic carbocycles. The van der Waals surface area contributed by atoms with Crippen LogP contribution in [0.1, 0.15) is 43.2 Å². The lowest BCUT2D eigenvalue weighted by Crippen LogP contribution is -2.58. The van der Waals surface area contributed by atoms with Gasteiger partial charge < -0.3 is 19.1 Å². The highest BCUT2D eigenvalue weighted by atomic mass is 19.3. The van der Waals surface area contributed by atoms with E-state index in [0.29, 0.717) is 24.4 Å². The molecule has 1 aliphatic rings. The fourth-order valence-corrected chi connectivity index (χ4v) is 4.09. The van der Waals surface area contributed by atoms with E-state index in [1.165, 1.54) is 12.1 Å². The van der Waals surface area contributed by atoms with Crippen LogP contribution in [-0.2, 0) is 9.47 Å². The number of ether oxygens (including phenoxy) is 3. The molecule has 4 rings (SSSR count). The Morgan fingerprint density at radius 1 is 1.11 bits per heavy atom. The largest absolute Gasteiger partial charge is 0.444 e. The van der Waals surface area contributed by atoms with Crippen LogP contribution in [0.5, 0.6) is 11.6 Å². The van der Waals surface area contributed by atoms with Crippen LogP contribution in [0.4, 0.5) is 13.6 Å². The molecule has 1 aliphatic heterocycles. The molecule has 0 saturated carbocycles. The van der Waals surface area contributed by atoms with Crippen LogP contribution in [0, 0.1) is 0 Å². The van der Waals surface area contributed by atoms with Gasteiger partial charge in [0.05, 0.1) is 18.2 Å². The maximum absolute atomic E-state index is 13.3. The molecule has 38 heavy (non-hydrogen) atoms. The van der Waals surface area contributed by atoms with Gasteiger partial charge in [0.1, 0.15) is 17.0 Å². The molecule has 0 N–H and O–H groups in total. The molecule has 0 unspecified atom stereocenters. The number of carbonyl (C=O) groups excluding carboxylic acids is 2. The van der Waals surface area contributed by atoms with Crippen molar-refractivity contribution in [3.05, 3.63) is 59.9 Å². The minimum absolute atomic E-state index is 0.183. The number of amides is 2. The van der Waals surface area contributed by atoms with Crippen molar-refractivity contribution in [2.45, 2.75) is 38.8 Å². The summed E-state index contributed by atoms with van der Waals surface area (Å²) in [6, 6.07) is 10.8. The van der Waals surface area contributed by atoms with Gasteiger partial charge in [0, 0.05) is 50.0 Å². The van der Waals surface area contributed by atoms with Crippen molar-refractivity contribution in [3.63, 3.8) is 0 Å². The minimum atomic E-state index is -2.60. The zero-order valence-corrected chi connectivity index (χ0v) is 21.7. The molecular weight excluding hydrogens is 498 g/mol. The van der Waals surface area contributed by atoms with Crippen molar-refractivity contribution in [3.8, 4) is 11.6 Å². The van der Waals surface area contributed by atoms with Gasteiger partial charge in [-0.1, -0.05) is 6.07 Å². The summed E-state index contributed by atoms with van der Waals surface area (Å²) in [6.07, 6.45) is -1.96. The van der Waals surface area contributed by atoms with Crippen molar-refractivity contribution in [1.82, 2.24) is 19.8 Å². The van der Waals surface area contributed by atoms with Gasteiger partial charge in [-0.25, -0.2) is 23.5 Å². The van der Waals surface area contributed by atoms with E-state index in [0.717, 1.165) is 11.6 Å². The molecule has 0 radical (unpaired) electrons. The number of nitrogens with zero attached hydrogens (tertiary/aromatic N) is 4. The Bertz CT molecular complexity index is 1300. The maximum Gasteiger partial charge on any atom is 0.410 e. The molecule has 1 fully saturated rings. The minimum Gasteiger partial charge on any atom is -0.444 e. The van der Waals surface area contributed by atoms with Crippen molar-refractivity contribution in [2.24, 2.45) is 0 Å². The summed E-state index contributed by atoms with van der Waals surface area (Å²) in [5, 5.41) is 0.732. The summed E-state index contributed by atoms with van der Waals surface area (Å²) in [5.74, 6) is 0.390. The lowest BCUT2D eigenvalue weighted by atomic mass is 10.1. The summed E-state index contributed by atoms with van der Waals surface area (Å²) in [6.45, 7) is 6.62. The quantitative estimate of drug-likeness (QED) is 0.441. The van der Waals surface area contributed by atoms with Crippen molar-refractivity contribution >= 4 is 22.9 Å². The molecule has 2 aromatic heterocycles. The van der Waals surface area contributed by atoms with Gasteiger partial charge >= 0.3 is 6.09 Å². The van der Waals surface area contributed by atoms with Crippen molar-refractivity contribution in [2.75, 3.05) is 33.4 Å². The van der Waals surface area contributed by atoms with Crippen molar-refractivity contribution in [1.29, 1.82) is 0 Å². The normalized spacial score (nSPS) is 16.1. The number of carbonyl (C=O) groups is 2. The Hall–Kier alpha value is -3.86. The molecule has 0 aliphatic carbocycles. The number of alkyl halides is 2. The van der Waals surface area contributed by atoms with Gasteiger partial charge in [-0.2, -0.15) is 0 Å². The summed E-state index contributed by atoms with van der Waals surface area (Å²) >= 11 is 0. The van der Waals surface area contributed by atoms with Crippen LogP contribution in [-0.4, -0.2) is 76.8 Å². The summed E-state index contributed by atoms with van der Waals surface area (Å²) in [4.78, 5) is 37.6. The monoisotopic (exact) mass is 528 g/mol. The number of pyridine rings is 2. The third-order valence-corrected chi connectivity index (χ3v) is 5.87. The molecular formula is C27H30F2N4O5. The van der Waals surface area contributed by atoms with E-state index in [4.69, 9.17) is 14.2 Å². The smallest absolute Gasteiger partial charge is 0.410 e. The van der Waals surface area contributed by atoms with Crippen LogP contribution in [0.15, 0.2) is 48.7 Å². The van der Waals surface area contributed by atoms with E-state index in [1.807, 2.05) is 0 Å². The molecule has 1 saturated heterocycles. The molecule has 2 amide bonds. The summed E-state index contributed by atoms with van der Waals surface area (Å²) in [5.41, 5.74) is 0.0521. The van der Waals surface area contributed by atoms with Crippen LogP contribution >= 0.6 is 0 Å². The molecule has 3 heterocycles. The molecule has 1 atom stereocenters. The first-order valence-corrected chi connectivity index (χ1v) is 12.1. The molecule has 202 valence electrons. The molecule has 11 heteroatoms. The fraction of sp³-hybridized carbons (Fsp3) is 0.407. The zero-order chi connectivity index (χ0) is 27.4. The highest BCUT2D eigenvalue weighted by Crippen LogP contribution is 2.26. The van der Waals surface area contributed by atoms with Crippen LogP contribution in [0.2, 0.25) is 0 Å². The first-order chi connectivity index (χ1) is 18.0. The number of halogens is 2. The fourth-order valence-electron chi connectivity index (χ4n) is 4.09. The number of fused-ring (bicyclic) bond motifs is 1. The molecule has 3 aromatic rings. The van der Waals surface area contributed by atoms with E-state index in [2.05, 4.69) is 9.97 Å². The lowest BCUT2D eigenvalue weighted by Gasteiger charge is -2.41. The topological polar surface area (TPSA) is 94.1 Å². The van der Waals surface area contributed by atoms with Crippen LogP contribution < -0.4 is 4.74 Å². The third-order valence-electron chi connectivity index (χ3n) is 5.87. The van der Waals surface area contributed by atoms with E-state index in [9.17, 15) is 18.4 Å². The third kappa shape index (κ3) is 6.52. The summed E-state index contributed by atoms with van der Waals surface area (Å²) < 4.78 is 41.9. The highest BCUT2D eigenvalue weighted by Gasteiger charge is 2.35. The van der Waals surface area contributed by atoms with Gasteiger partial charge in [0.25, 0.3) is 12.3 Å². The van der Waals surface area contributed by atoms with Crippen LogP contribution in [0.25, 0.3) is 10.9 Å². The highest BCUT2D eigenvalue weighted by molar-refractivity contribution is 5.95. The first-order valence-electron chi connectivity index (χ1n) is 12.1. The Balaban J connectivity index is 1.45. The van der Waals surface area contributed by atoms with Gasteiger partial charge in [-0.3, -0.25) is 9.69 Å². The zero-order valence-electron chi connectivity index (χ0n) is 21.7. The summed E-state index contributed by atoms with van der Waals surface area (Å²) in [7, 11) is 1.55. The number of aromatic nitrogens is 2. The average molecular weight is 529 g/mol. The van der Waals surface area contributed by atoms with Gasteiger partial charge in [-0.05, 0) is 51.1 Å². The van der Waals surface area contributed by atoms with Gasteiger partial charge in [0.2, 0.25) is 5.88 Å². The predicted molar refractivity (Wildman–Crippen MR) is 136 cm³/mol. The standard InChI is InChI=1S/C27H30F2N4O5/c1-27(2,3)38-26(35)33-12-11-32(15-19(33)16-36-4)25(34)22-8-5-17-13-20(7-9-21(17)31-22)37-23-10-6-18(14-30-23)24(28)29/h5-10,13-14,19,24H,11-12,15-16H2,1-4H3/t19-/m0/s1. The second kappa shape index (κ2) is 11.3. The second-order valence-electron chi connectivity index (χ2n) is 9.92.